The van der Waals surface area contributed by atoms with Gasteiger partial charge in [-0.1, -0.05) is 19.8 Å². The van der Waals surface area contributed by atoms with Crippen molar-refractivity contribution < 1.29 is 0 Å². The number of fused-ring (bicyclic) bond motifs is 1. The third kappa shape index (κ3) is 2.27. The fourth-order valence-corrected chi connectivity index (χ4v) is 3.24. The van der Waals surface area contributed by atoms with Crippen LogP contribution in [0.5, 0.6) is 0 Å². The molecule has 102 valence electrons. The second kappa shape index (κ2) is 4.96. The minimum Gasteiger partial charge on any atom is -0.354 e. The number of rotatable bonds is 2. The monoisotopic (exact) mass is 279 g/mol. The van der Waals surface area contributed by atoms with Crippen molar-refractivity contribution in [2.75, 3.05) is 11.9 Å². The predicted octanol–water partition coefficient (Wildman–Crippen LogP) is 3.02. The summed E-state index contributed by atoms with van der Waals surface area (Å²) in [5, 5.41) is 0.255. The highest BCUT2D eigenvalue weighted by Gasteiger charge is 2.27. The number of nitrogens with zero attached hydrogens (tertiary/aromatic N) is 4. The van der Waals surface area contributed by atoms with Gasteiger partial charge in [0.05, 0.1) is 6.33 Å². The van der Waals surface area contributed by atoms with Gasteiger partial charge in [0.25, 0.3) is 0 Å². The van der Waals surface area contributed by atoms with Crippen LogP contribution in [0.4, 0.5) is 5.82 Å². The maximum absolute atomic E-state index is 6.00. The summed E-state index contributed by atoms with van der Waals surface area (Å²) in [5.41, 5.74) is 1.50. The van der Waals surface area contributed by atoms with Gasteiger partial charge in [0, 0.05) is 13.1 Å². The fourth-order valence-electron chi connectivity index (χ4n) is 3.08. The number of hydrogen-bond acceptors (Lipinski definition) is 4. The Morgan fingerprint density at radius 3 is 2.89 bits per heavy atom. The molecule has 2 aromatic rings. The molecule has 2 unspecified atom stereocenters. The van der Waals surface area contributed by atoms with E-state index in [1.165, 1.54) is 25.7 Å². The smallest absolute Gasteiger partial charge is 0.226 e. The van der Waals surface area contributed by atoms with Crippen molar-refractivity contribution in [1.82, 2.24) is 19.9 Å². The van der Waals surface area contributed by atoms with Gasteiger partial charge in [-0.3, -0.25) is 0 Å². The first kappa shape index (κ1) is 12.7. The minimum atomic E-state index is 0.255. The van der Waals surface area contributed by atoms with Crippen LogP contribution in [0.2, 0.25) is 5.28 Å². The van der Waals surface area contributed by atoms with Gasteiger partial charge in [0.2, 0.25) is 5.28 Å². The molecule has 1 N–H and O–H groups in total. The van der Waals surface area contributed by atoms with Crippen molar-refractivity contribution in [2.24, 2.45) is 5.92 Å². The van der Waals surface area contributed by atoms with Crippen LogP contribution in [-0.4, -0.2) is 33.0 Å². The van der Waals surface area contributed by atoms with E-state index in [1.54, 1.807) is 6.33 Å². The zero-order chi connectivity index (χ0) is 13.4. The van der Waals surface area contributed by atoms with E-state index < -0.39 is 0 Å². The van der Waals surface area contributed by atoms with Gasteiger partial charge in [0.1, 0.15) is 5.52 Å². The van der Waals surface area contributed by atoms with E-state index in [9.17, 15) is 0 Å². The molecule has 3 rings (SSSR count). The number of aromatic amines is 1. The molecule has 2 heterocycles. The Hall–Kier alpha value is -1.36. The minimum absolute atomic E-state index is 0.255. The van der Waals surface area contributed by atoms with Crippen LogP contribution >= 0.6 is 11.6 Å². The van der Waals surface area contributed by atoms with E-state index in [2.05, 4.69) is 38.8 Å². The molecular formula is C13H18ClN5. The Morgan fingerprint density at radius 2 is 2.11 bits per heavy atom. The molecular weight excluding hydrogens is 262 g/mol. The number of H-pyrrole nitrogens is 1. The molecule has 2 atom stereocenters. The Labute approximate surface area is 117 Å². The molecule has 1 fully saturated rings. The van der Waals surface area contributed by atoms with Crippen molar-refractivity contribution in [3.05, 3.63) is 11.6 Å². The molecule has 5 nitrogen and oxygen atoms in total. The number of nitrogens with one attached hydrogen (secondary N) is 1. The number of anilines is 1. The lowest BCUT2D eigenvalue weighted by Gasteiger charge is -2.37. The molecule has 0 radical (unpaired) electrons. The molecule has 0 aliphatic heterocycles. The van der Waals surface area contributed by atoms with Gasteiger partial charge < -0.3 is 9.88 Å². The zero-order valence-corrected chi connectivity index (χ0v) is 12.0. The molecule has 0 bridgehead atoms. The van der Waals surface area contributed by atoms with E-state index in [0.717, 1.165) is 11.3 Å². The van der Waals surface area contributed by atoms with Gasteiger partial charge in [-0.2, -0.15) is 9.97 Å². The quantitative estimate of drug-likeness (QED) is 0.859. The highest BCUT2D eigenvalue weighted by Crippen LogP contribution is 2.32. The highest BCUT2D eigenvalue weighted by atomic mass is 35.5. The molecule has 19 heavy (non-hydrogen) atoms. The Morgan fingerprint density at radius 1 is 1.32 bits per heavy atom. The Bertz CT molecular complexity index is 581. The van der Waals surface area contributed by atoms with Gasteiger partial charge in [-0.05, 0) is 30.4 Å². The lowest BCUT2D eigenvalue weighted by molar-refractivity contribution is 0.321. The normalized spacial score (nSPS) is 23.7. The van der Waals surface area contributed by atoms with Crippen LogP contribution in [0.3, 0.4) is 0 Å². The summed E-state index contributed by atoms with van der Waals surface area (Å²) in [6.07, 6.45) is 6.73. The topological polar surface area (TPSA) is 57.7 Å². The Balaban J connectivity index is 2.00. The van der Waals surface area contributed by atoms with Gasteiger partial charge in [-0.25, -0.2) is 4.98 Å². The van der Waals surface area contributed by atoms with Crippen LogP contribution in [0.25, 0.3) is 11.2 Å². The van der Waals surface area contributed by atoms with Crippen molar-refractivity contribution >= 4 is 28.6 Å². The van der Waals surface area contributed by atoms with Crippen molar-refractivity contribution in [1.29, 1.82) is 0 Å². The molecule has 1 aliphatic carbocycles. The molecule has 1 saturated carbocycles. The highest BCUT2D eigenvalue weighted by molar-refractivity contribution is 6.28. The lowest BCUT2D eigenvalue weighted by atomic mass is 9.85. The summed E-state index contributed by atoms with van der Waals surface area (Å²) in [7, 11) is 2.09. The lowest BCUT2D eigenvalue weighted by Crippen LogP contribution is -2.39. The second-order valence-corrected chi connectivity index (χ2v) is 5.70. The van der Waals surface area contributed by atoms with E-state index in [4.69, 9.17) is 11.6 Å². The van der Waals surface area contributed by atoms with E-state index >= 15 is 0 Å². The zero-order valence-electron chi connectivity index (χ0n) is 11.2. The third-order valence-electron chi connectivity index (χ3n) is 4.14. The summed E-state index contributed by atoms with van der Waals surface area (Å²) in [4.78, 5) is 18.0. The first-order chi connectivity index (χ1) is 9.16. The standard InChI is InChI=1S/C13H18ClN5/c1-8-5-3-4-6-9(8)19(2)12-10-11(16-7-15-10)17-13(14)18-12/h7-9H,3-6H2,1-2H3,(H,15,16,17,18). The van der Waals surface area contributed by atoms with Gasteiger partial charge in [-0.15, -0.1) is 0 Å². The van der Waals surface area contributed by atoms with Crippen LogP contribution in [0.1, 0.15) is 32.6 Å². The van der Waals surface area contributed by atoms with Gasteiger partial charge in [0.15, 0.2) is 11.5 Å². The number of halogens is 1. The van der Waals surface area contributed by atoms with Crippen LogP contribution < -0.4 is 4.90 Å². The second-order valence-electron chi connectivity index (χ2n) is 5.36. The SMILES string of the molecule is CC1CCCCC1N(C)c1nc(Cl)nc2nc[nH]c12. The predicted molar refractivity (Wildman–Crippen MR) is 76.5 cm³/mol. The largest absolute Gasteiger partial charge is 0.354 e. The molecule has 0 amide bonds. The molecule has 1 aliphatic rings. The van der Waals surface area contributed by atoms with E-state index in [0.29, 0.717) is 17.6 Å². The van der Waals surface area contributed by atoms with E-state index in [-0.39, 0.29) is 5.28 Å². The summed E-state index contributed by atoms with van der Waals surface area (Å²) in [5.74, 6) is 1.52. The summed E-state index contributed by atoms with van der Waals surface area (Å²) < 4.78 is 0. The van der Waals surface area contributed by atoms with Crippen LogP contribution in [0.15, 0.2) is 6.33 Å². The summed E-state index contributed by atoms with van der Waals surface area (Å²) >= 11 is 6.00. The third-order valence-corrected chi connectivity index (χ3v) is 4.31. The van der Waals surface area contributed by atoms with Crippen molar-refractivity contribution in [3.63, 3.8) is 0 Å². The summed E-state index contributed by atoms with van der Waals surface area (Å²) in [6, 6.07) is 0.506. The summed E-state index contributed by atoms with van der Waals surface area (Å²) in [6.45, 7) is 2.31. The fraction of sp³-hybridized carbons (Fsp3) is 0.615. The molecule has 0 aromatic carbocycles. The molecule has 0 saturated heterocycles. The maximum Gasteiger partial charge on any atom is 0.226 e. The van der Waals surface area contributed by atoms with Gasteiger partial charge >= 0.3 is 0 Å². The number of hydrogen-bond donors (Lipinski definition) is 1. The molecule has 2 aromatic heterocycles. The first-order valence-electron chi connectivity index (χ1n) is 6.76. The first-order valence-corrected chi connectivity index (χ1v) is 7.14. The number of imidazole rings is 1. The number of aromatic nitrogens is 4. The van der Waals surface area contributed by atoms with Crippen LogP contribution in [0, 0.1) is 5.92 Å². The maximum atomic E-state index is 6.00. The average Bonchev–Trinajstić information content (AvgIpc) is 2.85. The molecule has 6 heteroatoms. The van der Waals surface area contributed by atoms with Crippen molar-refractivity contribution in [2.45, 2.75) is 38.6 Å². The van der Waals surface area contributed by atoms with Crippen LogP contribution in [-0.2, 0) is 0 Å². The average molecular weight is 280 g/mol. The van der Waals surface area contributed by atoms with Crippen molar-refractivity contribution in [3.8, 4) is 0 Å². The Kier molecular flexibility index (Phi) is 3.31. The molecule has 0 spiro atoms. The van der Waals surface area contributed by atoms with E-state index in [1.807, 2.05) is 0 Å².